The fourth-order valence-corrected chi connectivity index (χ4v) is 1.99. The predicted octanol–water partition coefficient (Wildman–Crippen LogP) is 2.40. The maximum atomic E-state index is 11.5. The molecular weight excluding hydrogens is 240 g/mol. The molecule has 1 saturated carbocycles. The molecule has 1 N–H and O–H groups in total. The van der Waals surface area contributed by atoms with Crippen LogP contribution in [0.25, 0.3) is 0 Å². The van der Waals surface area contributed by atoms with Crippen molar-refractivity contribution >= 4 is 6.09 Å². The summed E-state index contributed by atoms with van der Waals surface area (Å²) >= 11 is 0. The van der Waals surface area contributed by atoms with Gasteiger partial charge in [-0.15, -0.1) is 0 Å². The summed E-state index contributed by atoms with van der Waals surface area (Å²) in [7, 11) is 2.14. The van der Waals surface area contributed by atoms with Crippen molar-refractivity contribution in [2.45, 2.75) is 31.9 Å². The first-order valence-electron chi connectivity index (χ1n) is 6.90. The second kappa shape index (κ2) is 7.14. The van der Waals surface area contributed by atoms with Crippen LogP contribution >= 0.6 is 0 Å². The number of ether oxygens (including phenoxy) is 1. The Morgan fingerprint density at radius 1 is 1.37 bits per heavy atom. The SMILES string of the molecule is CN(CCCNC(=O)OCc1ccccc1)C1CC1. The Morgan fingerprint density at radius 3 is 2.79 bits per heavy atom. The van der Waals surface area contributed by atoms with Gasteiger partial charge in [0, 0.05) is 12.6 Å². The zero-order chi connectivity index (χ0) is 13.5. The van der Waals surface area contributed by atoms with Crippen LogP contribution in [0.5, 0.6) is 0 Å². The van der Waals surface area contributed by atoms with Gasteiger partial charge in [0.2, 0.25) is 0 Å². The van der Waals surface area contributed by atoms with E-state index in [0.717, 1.165) is 24.6 Å². The van der Waals surface area contributed by atoms with Crippen molar-refractivity contribution in [2.24, 2.45) is 0 Å². The molecule has 0 radical (unpaired) electrons. The van der Waals surface area contributed by atoms with Crippen molar-refractivity contribution in [1.82, 2.24) is 10.2 Å². The number of nitrogens with zero attached hydrogens (tertiary/aromatic N) is 1. The van der Waals surface area contributed by atoms with Crippen molar-refractivity contribution in [2.75, 3.05) is 20.1 Å². The van der Waals surface area contributed by atoms with E-state index in [2.05, 4.69) is 17.3 Å². The highest BCUT2D eigenvalue weighted by Crippen LogP contribution is 2.24. The van der Waals surface area contributed by atoms with E-state index >= 15 is 0 Å². The molecule has 0 heterocycles. The third-order valence-electron chi connectivity index (χ3n) is 3.34. The Morgan fingerprint density at radius 2 is 2.11 bits per heavy atom. The van der Waals surface area contributed by atoms with Gasteiger partial charge in [-0.3, -0.25) is 0 Å². The topological polar surface area (TPSA) is 41.6 Å². The molecule has 1 aromatic rings. The lowest BCUT2D eigenvalue weighted by molar-refractivity contribution is 0.139. The minimum Gasteiger partial charge on any atom is -0.445 e. The summed E-state index contributed by atoms with van der Waals surface area (Å²) in [5.74, 6) is 0. The Balaban J connectivity index is 1.52. The minimum atomic E-state index is -0.335. The molecule has 1 fully saturated rings. The summed E-state index contributed by atoms with van der Waals surface area (Å²) in [4.78, 5) is 13.8. The number of carbonyl (C=O) groups is 1. The third-order valence-corrected chi connectivity index (χ3v) is 3.34. The lowest BCUT2D eigenvalue weighted by atomic mass is 10.2. The Labute approximate surface area is 114 Å². The molecule has 0 aromatic heterocycles. The molecule has 0 aliphatic heterocycles. The van der Waals surface area contributed by atoms with Gasteiger partial charge in [0.1, 0.15) is 6.61 Å². The molecule has 0 saturated heterocycles. The number of hydrogen-bond donors (Lipinski definition) is 1. The summed E-state index contributed by atoms with van der Waals surface area (Å²) in [6.45, 7) is 2.03. The number of hydrogen-bond acceptors (Lipinski definition) is 3. The van der Waals surface area contributed by atoms with E-state index in [1.54, 1.807) is 0 Å². The Bertz CT molecular complexity index is 390. The first-order chi connectivity index (χ1) is 9.25. The first-order valence-corrected chi connectivity index (χ1v) is 6.90. The molecule has 104 valence electrons. The van der Waals surface area contributed by atoms with Gasteiger partial charge >= 0.3 is 6.09 Å². The van der Waals surface area contributed by atoms with Gasteiger partial charge in [0.05, 0.1) is 0 Å². The van der Waals surface area contributed by atoms with Crippen LogP contribution in [0.1, 0.15) is 24.8 Å². The molecule has 1 aliphatic carbocycles. The summed E-state index contributed by atoms with van der Waals surface area (Å²) in [5.41, 5.74) is 1.01. The summed E-state index contributed by atoms with van der Waals surface area (Å²) in [6, 6.07) is 10.5. The second-order valence-corrected chi connectivity index (χ2v) is 5.05. The van der Waals surface area contributed by atoms with Gasteiger partial charge in [-0.25, -0.2) is 4.79 Å². The molecule has 19 heavy (non-hydrogen) atoms. The molecule has 0 bridgehead atoms. The van der Waals surface area contributed by atoms with E-state index in [0.29, 0.717) is 13.2 Å². The molecule has 1 aliphatic rings. The van der Waals surface area contributed by atoms with E-state index in [-0.39, 0.29) is 6.09 Å². The van der Waals surface area contributed by atoms with Crippen LogP contribution in [-0.2, 0) is 11.3 Å². The molecule has 4 heteroatoms. The fourth-order valence-electron chi connectivity index (χ4n) is 1.99. The maximum Gasteiger partial charge on any atom is 0.407 e. The van der Waals surface area contributed by atoms with Crippen LogP contribution in [-0.4, -0.2) is 37.2 Å². The number of benzene rings is 1. The van der Waals surface area contributed by atoms with Crippen molar-refractivity contribution in [3.05, 3.63) is 35.9 Å². The highest BCUT2D eigenvalue weighted by atomic mass is 16.5. The van der Waals surface area contributed by atoms with Gasteiger partial charge in [0.15, 0.2) is 0 Å². The molecular formula is C15H22N2O2. The largest absolute Gasteiger partial charge is 0.445 e. The monoisotopic (exact) mass is 262 g/mol. The maximum absolute atomic E-state index is 11.5. The summed E-state index contributed by atoms with van der Waals surface area (Å²) in [5, 5.41) is 2.78. The van der Waals surface area contributed by atoms with Crippen molar-refractivity contribution < 1.29 is 9.53 Å². The molecule has 2 rings (SSSR count). The number of rotatable bonds is 7. The van der Waals surface area contributed by atoms with E-state index in [4.69, 9.17) is 4.74 Å². The Hall–Kier alpha value is -1.55. The average Bonchev–Trinajstić information content (AvgIpc) is 3.27. The zero-order valence-electron chi connectivity index (χ0n) is 11.5. The molecule has 1 amide bonds. The van der Waals surface area contributed by atoms with Gasteiger partial charge < -0.3 is 15.0 Å². The highest BCUT2D eigenvalue weighted by Gasteiger charge is 2.25. The second-order valence-electron chi connectivity index (χ2n) is 5.05. The van der Waals surface area contributed by atoms with E-state index in [9.17, 15) is 4.79 Å². The van der Waals surface area contributed by atoms with Crippen LogP contribution in [0.3, 0.4) is 0 Å². The number of alkyl carbamates (subject to hydrolysis) is 1. The molecule has 0 unspecified atom stereocenters. The van der Waals surface area contributed by atoms with E-state index in [1.165, 1.54) is 12.8 Å². The zero-order valence-corrected chi connectivity index (χ0v) is 11.5. The van der Waals surface area contributed by atoms with Crippen LogP contribution in [0.2, 0.25) is 0 Å². The van der Waals surface area contributed by atoms with Crippen LogP contribution in [0, 0.1) is 0 Å². The quantitative estimate of drug-likeness (QED) is 0.767. The van der Waals surface area contributed by atoms with Crippen LogP contribution < -0.4 is 5.32 Å². The standard InChI is InChI=1S/C15H22N2O2/c1-17(14-8-9-14)11-5-10-16-15(18)19-12-13-6-3-2-4-7-13/h2-4,6-7,14H,5,8-12H2,1H3,(H,16,18). The normalized spacial score (nSPS) is 14.4. The van der Waals surface area contributed by atoms with E-state index < -0.39 is 0 Å². The summed E-state index contributed by atoms with van der Waals surface area (Å²) < 4.78 is 5.13. The van der Waals surface area contributed by atoms with Gasteiger partial charge in [-0.1, -0.05) is 30.3 Å². The summed E-state index contributed by atoms with van der Waals surface area (Å²) in [6.07, 6.45) is 3.28. The minimum absolute atomic E-state index is 0.328. The van der Waals surface area contributed by atoms with Crippen LogP contribution in [0.15, 0.2) is 30.3 Å². The number of carbonyl (C=O) groups excluding carboxylic acids is 1. The van der Waals surface area contributed by atoms with E-state index in [1.807, 2.05) is 30.3 Å². The number of amides is 1. The lowest BCUT2D eigenvalue weighted by Gasteiger charge is -2.15. The third kappa shape index (κ3) is 5.30. The highest BCUT2D eigenvalue weighted by molar-refractivity contribution is 5.67. The average molecular weight is 262 g/mol. The van der Waals surface area contributed by atoms with Crippen LogP contribution in [0.4, 0.5) is 4.79 Å². The van der Waals surface area contributed by atoms with Gasteiger partial charge in [-0.2, -0.15) is 0 Å². The van der Waals surface area contributed by atoms with Crippen molar-refractivity contribution in [3.8, 4) is 0 Å². The fraction of sp³-hybridized carbons (Fsp3) is 0.533. The molecule has 4 nitrogen and oxygen atoms in total. The van der Waals surface area contributed by atoms with Gasteiger partial charge in [0.25, 0.3) is 0 Å². The molecule has 0 spiro atoms. The molecule has 1 aromatic carbocycles. The van der Waals surface area contributed by atoms with Crippen molar-refractivity contribution in [1.29, 1.82) is 0 Å². The smallest absolute Gasteiger partial charge is 0.407 e. The number of nitrogens with one attached hydrogen (secondary N) is 1. The lowest BCUT2D eigenvalue weighted by Crippen LogP contribution is -2.29. The first kappa shape index (κ1) is 13.9. The van der Waals surface area contributed by atoms with Crippen molar-refractivity contribution in [3.63, 3.8) is 0 Å². The predicted molar refractivity (Wildman–Crippen MR) is 74.9 cm³/mol. The van der Waals surface area contributed by atoms with Gasteiger partial charge in [-0.05, 0) is 38.4 Å². The Kier molecular flexibility index (Phi) is 5.21. The molecule has 0 atom stereocenters.